The van der Waals surface area contributed by atoms with Gasteiger partial charge in [-0.1, -0.05) is 0 Å². The molecule has 1 aromatic heterocycles. The third kappa shape index (κ3) is 7.00. The number of methoxy groups -OCH3 is 2. The average Bonchev–Trinajstić information content (AvgIpc) is 3.64. The molecule has 57 heavy (non-hydrogen) atoms. The van der Waals surface area contributed by atoms with E-state index in [1.807, 2.05) is 44.6 Å². The van der Waals surface area contributed by atoms with E-state index in [2.05, 4.69) is 25.3 Å². The average molecular weight is 781 g/mol. The number of hydrogen-bond acceptors (Lipinski definition) is 10. The van der Waals surface area contributed by atoms with Crippen LogP contribution in [0.3, 0.4) is 0 Å². The van der Waals surface area contributed by atoms with Crippen molar-refractivity contribution in [2.75, 3.05) is 72.5 Å². The summed E-state index contributed by atoms with van der Waals surface area (Å²) in [4.78, 5) is 74.9. The van der Waals surface area contributed by atoms with Crippen LogP contribution in [0.5, 0.6) is 11.5 Å². The van der Waals surface area contributed by atoms with Crippen LogP contribution in [-0.4, -0.2) is 134 Å². The largest absolute Gasteiger partial charge is 0.496 e. The lowest BCUT2D eigenvalue weighted by molar-refractivity contribution is -0.123. The number of aromatic nitrogens is 1. The number of rotatable bonds is 11. The topological polar surface area (TPSA) is 149 Å². The molecule has 5 aliphatic heterocycles. The van der Waals surface area contributed by atoms with Gasteiger partial charge in [0.1, 0.15) is 11.5 Å². The van der Waals surface area contributed by atoms with Crippen molar-refractivity contribution in [1.82, 2.24) is 34.8 Å². The molecule has 2 N–H and O–H groups in total. The second-order valence-electron chi connectivity index (χ2n) is 16.1. The molecule has 5 aliphatic rings. The quantitative estimate of drug-likeness (QED) is 0.220. The molecular weight excluding hydrogens is 729 g/mol. The smallest absolute Gasteiger partial charge is 0.317 e. The Kier molecular flexibility index (Phi) is 10.5. The number of imide groups is 1. The predicted octanol–water partition coefficient (Wildman–Crippen LogP) is 2.43. The fraction of sp³-hybridized carbons (Fsp3) is 0.500. The summed E-state index contributed by atoms with van der Waals surface area (Å²) in [5.41, 5.74) is 6.06. The van der Waals surface area contributed by atoms with E-state index < -0.39 is 0 Å². The lowest BCUT2D eigenvalue weighted by atomic mass is 9.91. The maximum absolute atomic E-state index is 13.4. The van der Waals surface area contributed by atoms with Gasteiger partial charge in [0, 0.05) is 94.4 Å². The van der Waals surface area contributed by atoms with Gasteiger partial charge in [0.25, 0.3) is 17.4 Å². The van der Waals surface area contributed by atoms with Gasteiger partial charge in [-0.2, -0.15) is 0 Å². The van der Waals surface area contributed by atoms with Crippen molar-refractivity contribution >= 4 is 29.4 Å². The Balaban J connectivity index is 0.849. The monoisotopic (exact) mass is 780 g/mol. The highest BCUT2D eigenvalue weighted by atomic mass is 16.5. The van der Waals surface area contributed by atoms with Crippen LogP contribution in [0.4, 0.5) is 10.5 Å². The summed E-state index contributed by atoms with van der Waals surface area (Å²) >= 11 is 0. The highest BCUT2D eigenvalue weighted by molar-refractivity contribution is 6.22. The normalized spacial score (nSPS) is 21.6. The Labute approximate surface area is 332 Å². The van der Waals surface area contributed by atoms with Crippen LogP contribution in [0.15, 0.2) is 41.3 Å². The standard InChI is InChI=1S/C42H52N8O7/c1-45(2)21-33-36(56-4)17-25(18-37(33)57-5)31-22-46(3)39(52)32-23-48(15-11-28(31)32)42(55)43-13-6-14-47-16-12-34-35(47)24-49(34)26-7-9-29-30(19-26)41(54)50(40(29)53)27-8-10-38(51)44-20-27/h7,9,17-19,22,27,34-35H,6,8,10-16,20-21,23-24H2,1-5H3,(H,43,55)(H,44,51). The molecule has 3 fully saturated rings. The minimum Gasteiger partial charge on any atom is -0.496 e. The van der Waals surface area contributed by atoms with Crippen molar-refractivity contribution in [2.24, 2.45) is 7.05 Å². The summed E-state index contributed by atoms with van der Waals surface area (Å²) in [6.45, 7) is 4.84. The molecule has 2 aromatic carbocycles. The van der Waals surface area contributed by atoms with Crippen molar-refractivity contribution < 1.29 is 28.7 Å². The number of hydrogen-bond donors (Lipinski definition) is 2. The maximum Gasteiger partial charge on any atom is 0.317 e. The SMILES string of the molecule is COc1cc(-c2cn(C)c(=O)c3c2CCN(C(=O)NCCCN2CCC4C2CN4c2ccc4c(c2)C(=O)N(C2CCC(=O)NC2)C4=O)C3)cc(OC)c1CN(C)C. The van der Waals surface area contributed by atoms with Crippen molar-refractivity contribution in [3.05, 3.63) is 74.7 Å². The van der Waals surface area contributed by atoms with E-state index in [1.165, 1.54) is 4.90 Å². The molecule has 0 aliphatic carbocycles. The van der Waals surface area contributed by atoms with E-state index in [0.717, 1.165) is 60.4 Å². The molecule has 15 nitrogen and oxygen atoms in total. The third-order valence-electron chi connectivity index (χ3n) is 12.4. The number of ether oxygens (including phenoxy) is 2. The number of anilines is 1. The number of urea groups is 1. The molecule has 5 amide bonds. The number of pyridine rings is 1. The highest BCUT2D eigenvalue weighted by Gasteiger charge is 2.48. The molecule has 0 radical (unpaired) electrons. The first kappa shape index (κ1) is 38.5. The number of piperidine rings is 1. The number of fused-ring (bicyclic) bond motifs is 3. The zero-order chi connectivity index (χ0) is 40.1. The summed E-state index contributed by atoms with van der Waals surface area (Å²) in [5, 5.41) is 5.88. The predicted molar refractivity (Wildman–Crippen MR) is 214 cm³/mol. The van der Waals surface area contributed by atoms with Gasteiger partial charge in [0.15, 0.2) is 0 Å². The number of aryl methyl sites for hydroxylation is 1. The van der Waals surface area contributed by atoms with E-state index in [4.69, 9.17) is 9.47 Å². The second-order valence-corrected chi connectivity index (χ2v) is 16.1. The van der Waals surface area contributed by atoms with Crippen LogP contribution in [-0.2, 0) is 31.4 Å². The summed E-state index contributed by atoms with van der Waals surface area (Å²) in [7, 11) is 9.03. The van der Waals surface area contributed by atoms with E-state index in [-0.39, 0.29) is 41.9 Å². The number of likely N-dealkylation sites (tertiary alicyclic amines) is 1. The molecule has 0 saturated carbocycles. The van der Waals surface area contributed by atoms with Gasteiger partial charge in [-0.15, -0.1) is 0 Å². The minimum absolute atomic E-state index is 0.0526. The van der Waals surface area contributed by atoms with Crippen LogP contribution in [0.1, 0.15) is 63.1 Å². The lowest BCUT2D eigenvalue weighted by Gasteiger charge is -2.48. The van der Waals surface area contributed by atoms with E-state index >= 15 is 0 Å². The van der Waals surface area contributed by atoms with Gasteiger partial charge in [-0.05, 0) is 81.2 Å². The molecule has 0 spiro atoms. The number of benzene rings is 2. The molecule has 3 unspecified atom stereocenters. The van der Waals surface area contributed by atoms with Crippen molar-refractivity contribution in [2.45, 2.75) is 63.3 Å². The van der Waals surface area contributed by atoms with Crippen LogP contribution in [0, 0.1) is 0 Å². The van der Waals surface area contributed by atoms with Crippen molar-refractivity contribution in [1.29, 1.82) is 0 Å². The molecule has 3 aromatic rings. The number of carbonyl (C=O) groups excluding carboxylic acids is 4. The third-order valence-corrected chi connectivity index (χ3v) is 12.4. The molecule has 3 atom stereocenters. The fourth-order valence-electron chi connectivity index (χ4n) is 9.39. The molecule has 8 rings (SSSR count). The van der Waals surface area contributed by atoms with Gasteiger partial charge in [0.05, 0.1) is 43.5 Å². The van der Waals surface area contributed by atoms with Gasteiger partial charge in [-0.3, -0.25) is 29.0 Å². The summed E-state index contributed by atoms with van der Waals surface area (Å²) in [6, 6.07) is 9.79. The Morgan fingerprint density at radius 3 is 2.37 bits per heavy atom. The van der Waals surface area contributed by atoms with E-state index in [1.54, 1.807) is 36.8 Å². The Bertz CT molecular complexity index is 2150. The van der Waals surface area contributed by atoms with E-state index in [9.17, 15) is 24.0 Å². The molecule has 6 heterocycles. The lowest BCUT2D eigenvalue weighted by Crippen LogP contribution is -2.62. The zero-order valence-electron chi connectivity index (χ0n) is 33.4. The number of amides is 5. The summed E-state index contributed by atoms with van der Waals surface area (Å²) in [6.07, 6.45) is 5.00. The Morgan fingerprint density at radius 2 is 1.67 bits per heavy atom. The number of nitrogens with zero attached hydrogens (tertiary/aromatic N) is 6. The number of carbonyl (C=O) groups is 4. The zero-order valence-corrected chi connectivity index (χ0v) is 33.4. The summed E-state index contributed by atoms with van der Waals surface area (Å²) in [5.74, 6) is 0.811. The molecule has 302 valence electrons. The highest BCUT2D eigenvalue weighted by Crippen LogP contribution is 2.40. The van der Waals surface area contributed by atoms with Crippen molar-refractivity contribution in [3.63, 3.8) is 0 Å². The Hall–Kier alpha value is -5.41. The maximum atomic E-state index is 13.4. The van der Waals surface area contributed by atoms with Gasteiger partial charge in [-0.25, -0.2) is 4.79 Å². The van der Waals surface area contributed by atoms with Crippen LogP contribution in [0.2, 0.25) is 0 Å². The van der Waals surface area contributed by atoms with Gasteiger partial charge >= 0.3 is 6.03 Å². The van der Waals surface area contributed by atoms with Crippen LogP contribution in [0.25, 0.3) is 11.1 Å². The molecular formula is C42H52N8O7. The number of nitrogens with one attached hydrogen (secondary N) is 2. The molecule has 3 saturated heterocycles. The first-order chi connectivity index (χ1) is 27.5. The van der Waals surface area contributed by atoms with Crippen LogP contribution >= 0.6 is 0 Å². The summed E-state index contributed by atoms with van der Waals surface area (Å²) < 4.78 is 13.2. The molecule has 15 heteroatoms. The van der Waals surface area contributed by atoms with Gasteiger partial charge < -0.3 is 39.4 Å². The second kappa shape index (κ2) is 15.5. The minimum atomic E-state index is -0.322. The van der Waals surface area contributed by atoms with E-state index in [0.29, 0.717) is 85.7 Å². The fourth-order valence-corrected chi connectivity index (χ4v) is 9.39. The van der Waals surface area contributed by atoms with Crippen molar-refractivity contribution in [3.8, 4) is 22.6 Å². The van der Waals surface area contributed by atoms with Gasteiger partial charge in [0.2, 0.25) is 5.91 Å². The first-order valence-corrected chi connectivity index (χ1v) is 19.9. The van der Waals surface area contributed by atoms with Crippen LogP contribution < -0.4 is 30.6 Å². The Morgan fingerprint density at radius 1 is 0.912 bits per heavy atom. The molecule has 0 bridgehead atoms. The first-order valence-electron chi connectivity index (χ1n) is 19.9.